The van der Waals surface area contributed by atoms with Gasteiger partial charge in [0.1, 0.15) is 5.82 Å². The summed E-state index contributed by atoms with van der Waals surface area (Å²) in [6, 6.07) is 9.54. The summed E-state index contributed by atoms with van der Waals surface area (Å²) in [6.07, 6.45) is 0.736. The highest BCUT2D eigenvalue weighted by atomic mass is 32.2. The number of nitro benzene ring substituents is 1. The first-order chi connectivity index (χ1) is 12.8. The van der Waals surface area contributed by atoms with Crippen molar-refractivity contribution < 1.29 is 14.1 Å². The number of carbonyl (C=O) groups excluding carboxylic acids is 1. The Morgan fingerprint density at radius 1 is 1.33 bits per heavy atom. The number of amidine groups is 1. The zero-order valence-electron chi connectivity index (χ0n) is 14.4. The van der Waals surface area contributed by atoms with E-state index in [2.05, 4.69) is 10.3 Å². The Bertz CT molecular complexity index is 933. The van der Waals surface area contributed by atoms with Gasteiger partial charge >= 0.3 is 0 Å². The van der Waals surface area contributed by atoms with Gasteiger partial charge in [0.2, 0.25) is 0 Å². The van der Waals surface area contributed by atoms with Gasteiger partial charge in [-0.25, -0.2) is 4.39 Å². The molecule has 2 aromatic carbocycles. The minimum absolute atomic E-state index is 0.0177. The van der Waals surface area contributed by atoms with Crippen molar-refractivity contribution in [1.29, 1.82) is 0 Å². The van der Waals surface area contributed by atoms with Gasteiger partial charge in [0, 0.05) is 23.4 Å². The molecule has 7 nitrogen and oxygen atoms in total. The molecule has 140 valence electrons. The molecule has 0 bridgehead atoms. The number of nitrogens with one attached hydrogen (secondary N) is 1. The van der Waals surface area contributed by atoms with Gasteiger partial charge in [-0.05, 0) is 43.2 Å². The number of anilines is 1. The van der Waals surface area contributed by atoms with E-state index in [0.717, 1.165) is 17.7 Å². The monoisotopic (exact) mass is 388 g/mol. The van der Waals surface area contributed by atoms with Gasteiger partial charge < -0.3 is 11.1 Å². The quantitative estimate of drug-likeness (QED) is 0.613. The molecule has 0 aliphatic carbocycles. The van der Waals surface area contributed by atoms with Crippen molar-refractivity contribution in [2.24, 2.45) is 10.7 Å². The van der Waals surface area contributed by atoms with E-state index in [1.807, 2.05) is 6.92 Å². The molecule has 1 aliphatic heterocycles. The summed E-state index contributed by atoms with van der Waals surface area (Å²) in [7, 11) is 0. The minimum Gasteiger partial charge on any atom is -0.379 e. The van der Waals surface area contributed by atoms with E-state index in [1.54, 1.807) is 12.1 Å². The number of nitro groups is 1. The summed E-state index contributed by atoms with van der Waals surface area (Å²) >= 11 is 1.47. The fourth-order valence-corrected chi connectivity index (χ4v) is 3.75. The normalized spacial score (nSPS) is 19.3. The average Bonchev–Trinajstić information content (AvgIpc) is 2.63. The number of nitrogens with two attached hydrogens (primary N) is 1. The van der Waals surface area contributed by atoms with E-state index in [-0.39, 0.29) is 16.9 Å². The van der Waals surface area contributed by atoms with Gasteiger partial charge in [0.15, 0.2) is 5.17 Å². The predicted molar refractivity (Wildman–Crippen MR) is 103 cm³/mol. The highest BCUT2D eigenvalue weighted by Gasteiger charge is 2.30. The van der Waals surface area contributed by atoms with E-state index >= 15 is 0 Å². The van der Waals surface area contributed by atoms with Crippen molar-refractivity contribution >= 4 is 34.2 Å². The van der Waals surface area contributed by atoms with E-state index in [1.165, 1.54) is 42.1 Å². The highest BCUT2D eigenvalue weighted by molar-refractivity contribution is 8.13. The summed E-state index contributed by atoms with van der Waals surface area (Å²) in [5.41, 5.74) is 6.06. The van der Waals surface area contributed by atoms with Crippen LogP contribution in [-0.2, 0) is 5.54 Å². The number of amides is 1. The standard InChI is InChI=1S/C18H17FN4O3S/c1-18(8-9-27-17(20)22-18)12-4-7-14(19)15(10-12)21-16(24)11-2-5-13(6-3-11)23(25)26/h2-7,10H,8-9H2,1H3,(H2,20,22)(H,21,24). The summed E-state index contributed by atoms with van der Waals surface area (Å²) in [5.74, 6) is -0.346. The number of thioether (sulfide) groups is 1. The number of hydrogen-bond donors (Lipinski definition) is 2. The van der Waals surface area contributed by atoms with Crippen molar-refractivity contribution in [3.8, 4) is 0 Å². The number of benzene rings is 2. The number of carbonyl (C=O) groups is 1. The Hall–Kier alpha value is -2.94. The molecule has 0 saturated heterocycles. The molecule has 1 heterocycles. The Morgan fingerprint density at radius 3 is 2.67 bits per heavy atom. The molecular formula is C18H17FN4O3S. The Morgan fingerprint density at radius 2 is 2.04 bits per heavy atom. The van der Waals surface area contributed by atoms with Gasteiger partial charge in [-0.2, -0.15) is 0 Å². The van der Waals surface area contributed by atoms with Crippen LogP contribution in [0.15, 0.2) is 47.5 Å². The minimum atomic E-state index is -0.587. The van der Waals surface area contributed by atoms with E-state index in [4.69, 9.17) is 5.73 Å². The molecule has 1 atom stereocenters. The maximum Gasteiger partial charge on any atom is 0.269 e. The topological polar surface area (TPSA) is 111 Å². The Kier molecular flexibility index (Phi) is 5.13. The number of halogens is 1. The van der Waals surface area contributed by atoms with Crippen LogP contribution in [0.1, 0.15) is 29.3 Å². The SMILES string of the molecule is CC1(c2ccc(F)c(NC(=O)c3ccc([N+](=O)[O-])cc3)c2)CCSC(N)=N1. The van der Waals surface area contributed by atoms with E-state index in [0.29, 0.717) is 5.17 Å². The summed E-state index contributed by atoms with van der Waals surface area (Å²) in [6.45, 7) is 1.91. The van der Waals surface area contributed by atoms with Gasteiger partial charge in [0.25, 0.3) is 11.6 Å². The molecule has 0 fully saturated rings. The highest BCUT2D eigenvalue weighted by Crippen LogP contribution is 2.36. The zero-order chi connectivity index (χ0) is 19.6. The maximum absolute atomic E-state index is 14.2. The molecular weight excluding hydrogens is 371 g/mol. The zero-order valence-corrected chi connectivity index (χ0v) is 15.3. The van der Waals surface area contributed by atoms with Gasteiger partial charge in [-0.1, -0.05) is 17.8 Å². The van der Waals surface area contributed by atoms with Crippen LogP contribution in [0, 0.1) is 15.9 Å². The lowest BCUT2D eigenvalue weighted by Crippen LogP contribution is -2.29. The van der Waals surface area contributed by atoms with Crippen LogP contribution in [0.2, 0.25) is 0 Å². The second-order valence-electron chi connectivity index (χ2n) is 6.28. The van der Waals surface area contributed by atoms with Crippen LogP contribution >= 0.6 is 11.8 Å². The third-order valence-electron chi connectivity index (χ3n) is 4.37. The van der Waals surface area contributed by atoms with Gasteiger partial charge in [-0.15, -0.1) is 0 Å². The van der Waals surface area contributed by atoms with Crippen molar-refractivity contribution in [1.82, 2.24) is 0 Å². The summed E-state index contributed by atoms with van der Waals surface area (Å²) in [5, 5.41) is 13.7. The smallest absolute Gasteiger partial charge is 0.269 e. The molecule has 9 heteroatoms. The maximum atomic E-state index is 14.2. The van der Waals surface area contributed by atoms with Crippen LogP contribution in [-0.4, -0.2) is 21.8 Å². The third kappa shape index (κ3) is 4.08. The molecule has 2 aromatic rings. The van der Waals surface area contributed by atoms with Crippen molar-refractivity contribution in [2.45, 2.75) is 18.9 Å². The third-order valence-corrected chi connectivity index (χ3v) is 5.17. The first-order valence-electron chi connectivity index (χ1n) is 8.12. The number of aliphatic imine (C=N–C) groups is 1. The van der Waals surface area contributed by atoms with Crippen LogP contribution in [0.4, 0.5) is 15.8 Å². The molecule has 3 rings (SSSR count). The summed E-state index contributed by atoms with van der Waals surface area (Å²) in [4.78, 5) is 27.0. The number of nitrogens with zero attached hydrogens (tertiary/aromatic N) is 2. The van der Waals surface area contributed by atoms with E-state index in [9.17, 15) is 19.3 Å². The van der Waals surface area contributed by atoms with Gasteiger partial charge in [-0.3, -0.25) is 19.9 Å². The van der Waals surface area contributed by atoms with Crippen LogP contribution in [0.5, 0.6) is 0 Å². The first kappa shape index (κ1) is 18.8. The predicted octanol–water partition coefficient (Wildman–Crippen LogP) is 3.65. The Balaban J connectivity index is 1.85. The lowest BCUT2D eigenvalue weighted by Gasteiger charge is -2.30. The van der Waals surface area contributed by atoms with Crippen molar-refractivity contribution in [3.05, 3.63) is 69.5 Å². The van der Waals surface area contributed by atoms with Crippen molar-refractivity contribution in [3.63, 3.8) is 0 Å². The second-order valence-corrected chi connectivity index (χ2v) is 7.39. The first-order valence-corrected chi connectivity index (χ1v) is 9.11. The number of rotatable bonds is 4. The number of non-ortho nitro benzene ring substituents is 1. The Labute approximate surface area is 159 Å². The molecule has 1 amide bonds. The molecule has 0 saturated carbocycles. The van der Waals surface area contributed by atoms with Gasteiger partial charge in [0.05, 0.1) is 16.1 Å². The molecule has 27 heavy (non-hydrogen) atoms. The molecule has 3 N–H and O–H groups in total. The average molecular weight is 388 g/mol. The molecule has 0 aromatic heterocycles. The molecule has 0 radical (unpaired) electrons. The van der Waals surface area contributed by atoms with Crippen LogP contribution in [0.25, 0.3) is 0 Å². The fraction of sp³-hybridized carbons (Fsp3) is 0.222. The molecule has 1 aliphatic rings. The van der Waals surface area contributed by atoms with E-state index < -0.39 is 22.2 Å². The van der Waals surface area contributed by atoms with Crippen LogP contribution < -0.4 is 11.1 Å². The van der Waals surface area contributed by atoms with Crippen molar-refractivity contribution in [2.75, 3.05) is 11.1 Å². The fourth-order valence-electron chi connectivity index (χ4n) is 2.78. The lowest BCUT2D eigenvalue weighted by molar-refractivity contribution is -0.384. The molecule has 1 unspecified atom stereocenters. The largest absolute Gasteiger partial charge is 0.379 e. The number of hydrogen-bond acceptors (Lipinski definition) is 6. The van der Waals surface area contributed by atoms with Crippen LogP contribution in [0.3, 0.4) is 0 Å². The second kappa shape index (κ2) is 7.36. The molecule has 0 spiro atoms. The lowest BCUT2D eigenvalue weighted by atomic mass is 9.89. The summed E-state index contributed by atoms with van der Waals surface area (Å²) < 4.78 is 14.2.